The Bertz CT molecular complexity index is 167. The van der Waals surface area contributed by atoms with Crippen molar-refractivity contribution < 1.29 is 14.3 Å². The normalized spacial score (nSPS) is 14.4. The highest BCUT2D eigenvalue weighted by molar-refractivity contribution is 5.77. The summed E-state index contributed by atoms with van der Waals surface area (Å²) in [5.74, 6) is 0.204. The first kappa shape index (κ1) is 15.4. The summed E-state index contributed by atoms with van der Waals surface area (Å²) < 4.78 is 4.55. The lowest BCUT2D eigenvalue weighted by atomic mass is 10.2. The number of hydrogen-bond donors (Lipinski definition) is 2. The van der Waals surface area contributed by atoms with Gasteiger partial charge in [-0.15, -0.1) is 0 Å². The van der Waals surface area contributed by atoms with Crippen LogP contribution >= 0.6 is 0 Å². The van der Waals surface area contributed by atoms with Crippen molar-refractivity contribution in [2.24, 2.45) is 0 Å². The molecule has 4 N–H and O–H groups in total. The highest BCUT2D eigenvalue weighted by Crippen LogP contribution is 2.02. The van der Waals surface area contributed by atoms with Crippen molar-refractivity contribution in [2.75, 3.05) is 6.54 Å². The smallest absolute Gasteiger partial charge is 0.293 e. The van der Waals surface area contributed by atoms with Crippen LogP contribution in [0.1, 0.15) is 33.6 Å². The molecule has 0 unspecified atom stereocenters. The summed E-state index contributed by atoms with van der Waals surface area (Å²) >= 11 is 0. The monoisotopic (exact) mass is 204 g/mol. The largest absolute Gasteiger partial charge is 0.462 e. The number of rotatable bonds is 1. The van der Waals surface area contributed by atoms with Crippen LogP contribution in [-0.2, 0) is 14.3 Å². The first-order chi connectivity index (χ1) is 5.95. The molecule has 0 radical (unpaired) electrons. The van der Waals surface area contributed by atoms with Crippen molar-refractivity contribution in [3.8, 4) is 0 Å². The Morgan fingerprint density at radius 2 is 2.00 bits per heavy atom. The Labute approximate surface area is 84.8 Å². The summed E-state index contributed by atoms with van der Waals surface area (Å²) in [5.41, 5.74) is -0.318. The summed E-state index contributed by atoms with van der Waals surface area (Å²) in [5, 5.41) is 2.68. The minimum atomic E-state index is -0.318. The maximum Gasteiger partial charge on any atom is 0.293 e. The summed E-state index contributed by atoms with van der Waals surface area (Å²) in [6, 6.07) is 0. The number of ether oxygens (including phenoxy) is 1. The fraction of sp³-hybridized carbons (Fsp3) is 0.778. The Kier molecular flexibility index (Phi) is 8.04. The van der Waals surface area contributed by atoms with Gasteiger partial charge in [0.2, 0.25) is 5.91 Å². The number of carbonyl (C=O) groups is 2. The zero-order valence-electron chi connectivity index (χ0n) is 9.13. The molecule has 1 rings (SSSR count). The van der Waals surface area contributed by atoms with Crippen molar-refractivity contribution in [1.29, 1.82) is 0 Å². The highest BCUT2D eigenvalue weighted by atomic mass is 16.5. The summed E-state index contributed by atoms with van der Waals surface area (Å²) in [6.07, 6.45) is 1.76. The molecule has 0 aromatic carbocycles. The lowest BCUT2D eigenvalue weighted by Crippen LogP contribution is -2.17. The molecule has 1 saturated heterocycles. The van der Waals surface area contributed by atoms with Gasteiger partial charge in [0.25, 0.3) is 6.47 Å². The number of nitrogens with one attached hydrogen (secondary N) is 1. The number of hydrogen-bond acceptors (Lipinski definition) is 4. The molecule has 0 aromatic heterocycles. The van der Waals surface area contributed by atoms with Crippen molar-refractivity contribution in [3.63, 3.8) is 0 Å². The molecule has 0 saturated carbocycles. The van der Waals surface area contributed by atoms with Gasteiger partial charge < -0.3 is 16.2 Å². The molecule has 0 bridgehead atoms. The molecule has 1 aliphatic heterocycles. The first-order valence-corrected chi connectivity index (χ1v) is 4.34. The second-order valence-electron chi connectivity index (χ2n) is 3.78. The van der Waals surface area contributed by atoms with Crippen molar-refractivity contribution >= 4 is 12.4 Å². The fourth-order valence-electron chi connectivity index (χ4n) is 0.709. The van der Waals surface area contributed by atoms with Gasteiger partial charge in [0.15, 0.2) is 0 Å². The predicted octanol–water partition coefficient (Wildman–Crippen LogP) is 1.02. The van der Waals surface area contributed by atoms with Gasteiger partial charge in [0.1, 0.15) is 5.60 Å². The van der Waals surface area contributed by atoms with Crippen molar-refractivity contribution in [2.45, 2.75) is 39.2 Å². The molecule has 1 heterocycles. The van der Waals surface area contributed by atoms with Gasteiger partial charge in [-0.2, -0.15) is 0 Å². The third kappa shape index (κ3) is 10.9. The molecule has 84 valence electrons. The zero-order valence-corrected chi connectivity index (χ0v) is 9.13. The molecule has 14 heavy (non-hydrogen) atoms. The maximum atomic E-state index is 10.1. The van der Waals surface area contributed by atoms with E-state index in [0.29, 0.717) is 6.47 Å². The van der Waals surface area contributed by atoms with Gasteiger partial charge in [0.05, 0.1) is 0 Å². The van der Waals surface area contributed by atoms with E-state index in [1.807, 2.05) is 20.8 Å². The predicted molar refractivity (Wildman–Crippen MR) is 54.2 cm³/mol. The second-order valence-corrected chi connectivity index (χ2v) is 3.78. The minimum Gasteiger partial charge on any atom is -0.462 e. The summed E-state index contributed by atoms with van der Waals surface area (Å²) in [7, 11) is 0. The second kappa shape index (κ2) is 7.32. The van der Waals surface area contributed by atoms with Crippen LogP contribution < -0.4 is 11.5 Å². The van der Waals surface area contributed by atoms with E-state index >= 15 is 0 Å². The van der Waals surface area contributed by atoms with Crippen molar-refractivity contribution in [3.05, 3.63) is 0 Å². The van der Waals surface area contributed by atoms with Crippen LogP contribution in [0.5, 0.6) is 0 Å². The van der Waals surface area contributed by atoms with Gasteiger partial charge in [-0.3, -0.25) is 9.59 Å². The van der Waals surface area contributed by atoms with Gasteiger partial charge in [-0.1, -0.05) is 0 Å². The molecule has 0 spiro atoms. The molecule has 5 nitrogen and oxygen atoms in total. The third-order valence-electron chi connectivity index (χ3n) is 1.30. The molecular weight excluding hydrogens is 184 g/mol. The van der Waals surface area contributed by atoms with Crippen LogP contribution in [0.4, 0.5) is 0 Å². The van der Waals surface area contributed by atoms with Crippen LogP contribution in [0.3, 0.4) is 0 Å². The molecule has 1 fully saturated rings. The Balaban J connectivity index is 0. The molecular formula is C9H20N2O3. The average molecular weight is 204 g/mol. The molecule has 0 aliphatic carbocycles. The van der Waals surface area contributed by atoms with E-state index in [2.05, 4.69) is 10.1 Å². The van der Waals surface area contributed by atoms with Gasteiger partial charge in [-0.25, -0.2) is 0 Å². The van der Waals surface area contributed by atoms with Gasteiger partial charge >= 0.3 is 0 Å². The number of amides is 1. The van der Waals surface area contributed by atoms with E-state index in [1.165, 1.54) is 0 Å². The maximum absolute atomic E-state index is 10.1. The molecule has 1 aliphatic rings. The third-order valence-corrected chi connectivity index (χ3v) is 1.30. The molecule has 1 amide bonds. The molecule has 0 aromatic rings. The zero-order chi connectivity index (χ0) is 10.3. The standard InChI is InChI=1S/C5H10O2.C4H7NO.H3N/c1-5(2,3)7-4-6;6-4-2-1-3-5-4;/h4H,1-3H3;1-3H2,(H,5,6);1H3. The average Bonchev–Trinajstić information content (AvgIpc) is 2.38. The Morgan fingerprint density at radius 3 is 2.07 bits per heavy atom. The lowest BCUT2D eigenvalue weighted by molar-refractivity contribution is -0.138. The van der Waals surface area contributed by atoms with E-state index in [1.54, 1.807) is 0 Å². The van der Waals surface area contributed by atoms with Gasteiger partial charge in [-0.05, 0) is 27.2 Å². The topological polar surface area (TPSA) is 90.4 Å². The van der Waals surface area contributed by atoms with E-state index in [0.717, 1.165) is 19.4 Å². The fourth-order valence-corrected chi connectivity index (χ4v) is 0.709. The van der Waals surface area contributed by atoms with Crippen LogP contribution in [0, 0.1) is 0 Å². The Morgan fingerprint density at radius 1 is 1.43 bits per heavy atom. The molecule has 0 atom stereocenters. The summed E-state index contributed by atoms with van der Waals surface area (Å²) in [6.45, 7) is 6.81. The summed E-state index contributed by atoms with van der Waals surface area (Å²) in [4.78, 5) is 19.7. The quantitative estimate of drug-likeness (QED) is 0.624. The lowest BCUT2D eigenvalue weighted by Gasteiger charge is -2.14. The highest BCUT2D eigenvalue weighted by Gasteiger charge is 2.07. The van der Waals surface area contributed by atoms with Crippen LogP contribution in [0.2, 0.25) is 0 Å². The SMILES string of the molecule is CC(C)(C)OC=O.N.O=C1CCCN1. The van der Waals surface area contributed by atoms with E-state index < -0.39 is 0 Å². The Hall–Kier alpha value is -1.10. The molecule has 5 heteroatoms. The van der Waals surface area contributed by atoms with Crippen molar-refractivity contribution in [1.82, 2.24) is 11.5 Å². The first-order valence-electron chi connectivity index (χ1n) is 4.34. The minimum absolute atomic E-state index is 0. The van der Waals surface area contributed by atoms with Crippen LogP contribution in [0.25, 0.3) is 0 Å². The number of carbonyl (C=O) groups excluding carboxylic acids is 2. The van der Waals surface area contributed by atoms with E-state index in [9.17, 15) is 9.59 Å². The van der Waals surface area contributed by atoms with Gasteiger partial charge in [0, 0.05) is 13.0 Å². The van der Waals surface area contributed by atoms with Crippen LogP contribution in [0.15, 0.2) is 0 Å². The van der Waals surface area contributed by atoms with Crippen LogP contribution in [-0.4, -0.2) is 24.5 Å². The van der Waals surface area contributed by atoms with E-state index in [4.69, 9.17) is 0 Å². The van der Waals surface area contributed by atoms with E-state index in [-0.39, 0.29) is 17.7 Å².